The van der Waals surface area contributed by atoms with Crippen LogP contribution in [0.2, 0.25) is 0 Å². The molecule has 6 heteroatoms. The van der Waals surface area contributed by atoms with Crippen molar-refractivity contribution in [1.29, 1.82) is 0 Å². The molecule has 1 aromatic carbocycles. The summed E-state index contributed by atoms with van der Waals surface area (Å²) in [6, 6.07) is 6.06. The van der Waals surface area contributed by atoms with Gasteiger partial charge in [-0.15, -0.1) is 0 Å². The van der Waals surface area contributed by atoms with Gasteiger partial charge in [-0.3, -0.25) is 10.1 Å². The van der Waals surface area contributed by atoms with Gasteiger partial charge in [-0.05, 0) is 18.5 Å². The lowest BCUT2D eigenvalue weighted by Crippen LogP contribution is -2.24. The van der Waals surface area contributed by atoms with Gasteiger partial charge in [0.2, 0.25) is 0 Å². The number of nitrogens with one attached hydrogen (secondary N) is 1. The number of nitrogens with zero attached hydrogens (tertiary/aromatic N) is 1. The van der Waals surface area contributed by atoms with E-state index in [1.165, 1.54) is 12.1 Å². The molecule has 0 fully saturated rings. The normalized spacial score (nSPS) is 12.4. The number of nitro groups is 1. The topological polar surface area (TPSA) is 101 Å². The maximum Gasteiger partial charge on any atom is 0.269 e. The van der Waals surface area contributed by atoms with Gasteiger partial charge in [0.25, 0.3) is 5.69 Å². The van der Waals surface area contributed by atoms with E-state index in [4.69, 9.17) is 5.73 Å². The lowest BCUT2D eigenvalue weighted by Gasteiger charge is -2.11. The van der Waals surface area contributed by atoms with Gasteiger partial charge < -0.3 is 16.2 Å². The van der Waals surface area contributed by atoms with E-state index in [-0.39, 0.29) is 5.69 Å². The van der Waals surface area contributed by atoms with E-state index in [1.807, 2.05) is 0 Å². The maximum absolute atomic E-state index is 10.6. The van der Waals surface area contributed by atoms with E-state index in [0.717, 1.165) is 0 Å². The Labute approximate surface area is 99.6 Å². The predicted molar refractivity (Wildman–Crippen MR) is 64.6 cm³/mol. The van der Waals surface area contributed by atoms with Gasteiger partial charge in [0, 0.05) is 25.2 Å². The van der Waals surface area contributed by atoms with Gasteiger partial charge >= 0.3 is 0 Å². The zero-order chi connectivity index (χ0) is 12.7. The lowest BCUT2D eigenvalue weighted by molar-refractivity contribution is -0.385. The molecule has 0 amide bonds. The van der Waals surface area contributed by atoms with Crippen molar-refractivity contribution in [3.8, 4) is 0 Å². The number of non-ortho nitro benzene ring substituents is 1. The third-order valence-electron chi connectivity index (χ3n) is 2.38. The number of hydrogen-bond donors (Lipinski definition) is 3. The largest absolute Gasteiger partial charge is 0.388 e. The fourth-order valence-electron chi connectivity index (χ4n) is 1.48. The minimum absolute atomic E-state index is 0.00327. The fraction of sp³-hybridized carbons (Fsp3) is 0.455. The van der Waals surface area contributed by atoms with Crippen molar-refractivity contribution in [2.45, 2.75) is 12.5 Å². The Bertz CT molecular complexity index is 371. The molecule has 4 N–H and O–H groups in total. The summed E-state index contributed by atoms with van der Waals surface area (Å²) in [6.45, 7) is 1.87. The molecule has 1 atom stereocenters. The molecule has 1 unspecified atom stereocenters. The second-order valence-electron chi connectivity index (χ2n) is 3.70. The molecule has 0 aromatic heterocycles. The fourth-order valence-corrected chi connectivity index (χ4v) is 1.48. The van der Waals surface area contributed by atoms with Gasteiger partial charge in [-0.25, -0.2) is 0 Å². The van der Waals surface area contributed by atoms with Crippen LogP contribution in [0.4, 0.5) is 5.69 Å². The highest BCUT2D eigenvalue weighted by molar-refractivity contribution is 5.35. The van der Waals surface area contributed by atoms with E-state index in [9.17, 15) is 15.2 Å². The van der Waals surface area contributed by atoms with E-state index >= 15 is 0 Å². The molecular formula is C11H17N3O3. The Hall–Kier alpha value is -1.50. The summed E-state index contributed by atoms with van der Waals surface area (Å²) >= 11 is 0. The van der Waals surface area contributed by atoms with Gasteiger partial charge in [0.1, 0.15) is 0 Å². The highest BCUT2D eigenvalue weighted by atomic mass is 16.6. The minimum atomic E-state index is -0.694. The summed E-state index contributed by atoms with van der Waals surface area (Å²) in [7, 11) is 0. The smallest absolute Gasteiger partial charge is 0.269 e. The van der Waals surface area contributed by atoms with Crippen LogP contribution in [0.15, 0.2) is 24.3 Å². The number of aliphatic hydroxyl groups excluding tert-OH is 1. The molecule has 0 heterocycles. The Morgan fingerprint density at radius 2 is 2.24 bits per heavy atom. The first-order valence-electron chi connectivity index (χ1n) is 5.48. The first-order chi connectivity index (χ1) is 8.15. The summed E-state index contributed by atoms with van der Waals surface area (Å²) in [5.41, 5.74) is 5.87. The molecular weight excluding hydrogens is 222 g/mol. The monoisotopic (exact) mass is 239 g/mol. The number of nitro benzene ring substituents is 1. The maximum atomic E-state index is 10.6. The number of rotatable bonds is 7. The summed E-state index contributed by atoms with van der Waals surface area (Å²) in [6.07, 6.45) is -0.193. The highest BCUT2D eigenvalue weighted by Gasteiger charge is 2.11. The van der Waals surface area contributed by atoms with Gasteiger partial charge in [0.05, 0.1) is 11.0 Å². The quantitative estimate of drug-likeness (QED) is 0.367. The van der Waals surface area contributed by atoms with Crippen LogP contribution in [0.25, 0.3) is 0 Å². The molecule has 0 aliphatic heterocycles. The number of nitrogens with two attached hydrogens (primary N) is 1. The van der Waals surface area contributed by atoms with Crippen LogP contribution in [-0.4, -0.2) is 29.7 Å². The SMILES string of the molecule is NCCNCCC(O)c1cccc([N+](=O)[O-])c1. The van der Waals surface area contributed by atoms with E-state index < -0.39 is 11.0 Å². The number of aliphatic hydroxyl groups is 1. The second kappa shape index (κ2) is 6.95. The van der Waals surface area contributed by atoms with Crippen molar-refractivity contribution >= 4 is 5.69 Å². The summed E-state index contributed by atoms with van der Waals surface area (Å²) in [5, 5.41) is 23.5. The zero-order valence-corrected chi connectivity index (χ0v) is 9.50. The standard InChI is InChI=1S/C11H17N3O3/c12-5-7-13-6-4-11(15)9-2-1-3-10(8-9)14(16)17/h1-3,8,11,13,15H,4-7,12H2. The van der Waals surface area contributed by atoms with Gasteiger partial charge in [-0.1, -0.05) is 12.1 Å². The van der Waals surface area contributed by atoms with Crippen LogP contribution >= 0.6 is 0 Å². The molecule has 0 spiro atoms. The van der Waals surface area contributed by atoms with E-state index in [1.54, 1.807) is 12.1 Å². The Kier molecular flexibility index (Phi) is 5.55. The Morgan fingerprint density at radius 3 is 2.88 bits per heavy atom. The molecule has 0 bridgehead atoms. The Morgan fingerprint density at radius 1 is 1.47 bits per heavy atom. The van der Waals surface area contributed by atoms with Crippen LogP contribution < -0.4 is 11.1 Å². The summed E-state index contributed by atoms with van der Waals surface area (Å²) in [4.78, 5) is 10.1. The van der Waals surface area contributed by atoms with Crippen molar-refractivity contribution in [2.75, 3.05) is 19.6 Å². The predicted octanol–water partition coefficient (Wildman–Crippen LogP) is 0.567. The van der Waals surface area contributed by atoms with E-state index in [2.05, 4.69) is 5.32 Å². The van der Waals surface area contributed by atoms with Crippen LogP contribution in [0.3, 0.4) is 0 Å². The zero-order valence-electron chi connectivity index (χ0n) is 9.50. The Balaban J connectivity index is 2.53. The highest BCUT2D eigenvalue weighted by Crippen LogP contribution is 2.20. The molecule has 94 valence electrons. The molecule has 0 saturated heterocycles. The average Bonchev–Trinajstić information content (AvgIpc) is 2.34. The third-order valence-corrected chi connectivity index (χ3v) is 2.38. The lowest BCUT2D eigenvalue weighted by atomic mass is 10.1. The molecule has 1 aromatic rings. The number of hydrogen-bond acceptors (Lipinski definition) is 5. The van der Waals surface area contributed by atoms with Crippen molar-refractivity contribution in [1.82, 2.24) is 5.32 Å². The molecule has 0 aliphatic carbocycles. The average molecular weight is 239 g/mol. The van der Waals surface area contributed by atoms with Crippen LogP contribution in [-0.2, 0) is 0 Å². The van der Waals surface area contributed by atoms with Crippen LogP contribution in [0.5, 0.6) is 0 Å². The first kappa shape index (κ1) is 13.6. The second-order valence-corrected chi connectivity index (χ2v) is 3.70. The first-order valence-corrected chi connectivity index (χ1v) is 5.48. The third kappa shape index (κ3) is 4.48. The minimum Gasteiger partial charge on any atom is -0.388 e. The van der Waals surface area contributed by atoms with Crippen LogP contribution in [0.1, 0.15) is 18.1 Å². The van der Waals surface area contributed by atoms with Gasteiger partial charge in [-0.2, -0.15) is 0 Å². The van der Waals surface area contributed by atoms with Crippen molar-refractivity contribution in [3.63, 3.8) is 0 Å². The molecule has 0 aliphatic rings. The molecule has 1 rings (SSSR count). The van der Waals surface area contributed by atoms with Crippen LogP contribution in [0, 0.1) is 10.1 Å². The molecule has 6 nitrogen and oxygen atoms in total. The summed E-state index contributed by atoms with van der Waals surface area (Å²) < 4.78 is 0. The van der Waals surface area contributed by atoms with Gasteiger partial charge in [0.15, 0.2) is 0 Å². The van der Waals surface area contributed by atoms with Crippen molar-refractivity contribution in [3.05, 3.63) is 39.9 Å². The van der Waals surface area contributed by atoms with E-state index in [0.29, 0.717) is 31.6 Å². The summed E-state index contributed by atoms with van der Waals surface area (Å²) in [5.74, 6) is 0. The molecule has 17 heavy (non-hydrogen) atoms. The van der Waals surface area contributed by atoms with Crippen molar-refractivity contribution < 1.29 is 10.0 Å². The number of benzene rings is 1. The molecule has 0 radical (unpaired) electrons. The van der Waals surface area contributed by atoms with Crippen molar-refractivity contribution in [2.24, 2.45) is 5.73 Å². The molecule has 0 saturated carbocycles.